The third kappa shape index (κ3) is 6.99. The van der Waals surface area contributed by atoms with E-state index in [1.54, 1.807) is 36.4 Å². The van der Waals surface area contributed by atoms with Crippen LogP contribution in [0.25, 0.3) is 6.08 Å². The van der Waals surface area contributed by atoms with Crippen molar-refractivity contribution in [3.63, 3.8) is 0 Å². The number of rotatable bonds is 7. The van der Waals surface area contributed by atoms with Crippen molar-refractivity contribution in [2.75, 3.05) is 0 Å². The van der Waals surface area contributed by atoms with E-state index in [2.05, 4.69) is 10.5 Å². The number of nitrogens with zero attached hydrogens (tertiary/aromatic N) is 2. The molecule has 0 bridgehead atoms. The maximum Gasteiger partial charge on any atom is 0.336 e. The zero-order valence-corrected chi connectivity index (χ0v) is 18.3. The Balaban J connectivity index is 1.66. The van der Waals surface area contributed by atoms with Crippen LogP contribution in [0, 0.1) is 10.1 Å². The van der Waals surface area contributed by atoms with Crippen LogP contribution in [0.1, 0.15) is 21.5 Å². The van der Waals surface area contributed by atoms with Crippen LogP contribution in [0.4, 0.5) is 5.69 Å². The first kappa shape index (κ1) is 23.6. The normalized spacial score (nSPS) is 11.0. The number of carbonyl (C=O) groups is 2. The van der Waals surface area contributed by atoms with Crippen LogP contribution in [0.5, 0.6) is 5.75 Å². The Hall–Kier alpha value is -4.01. The number of nitro benzene ring substituents is 1. The van der Waals surface area contributed by atoms with Gasteiger partial charge in [-0.2, -0.15) is 5.10 Å². The van der Waals surface area contributed by atoms with Crippen molar-refractivity contribution in [2.45, 2.75) is 0 Å². The van der Waals surface area contributed by atoms with Gasteiger partial charge in [0.2, 0.25) is 0 Å². The molecule has 33 heavy (non-hydrogen) atoms. The predicted molar refractivity (Wildman–Crippen MR) is 126 cm³/mol. The van der Waals surface area contributed by atoms with Gasteiger partial charge in [0.1, 0.15) is 5.75 Å². The molecule has 0 saturated heterocycles. The average Bonchev–Trinajstić information content (AvgIpc) is 2.80. The summed E-state index contributed by atoms with van der Waals surface area (Å²) in [5.74, 6) is -1.03. The van der Waals surface area contributed by atoms with Crippen LogP contribution in [0.3, 0.4) is 0 Å². The van der Waals surface area contributed by atoms with Gasteiger partial charge in [0.25, 0.3) is 11.6 Å². The second kappa shape index (κ2) is 11.0. The summed E-state index contributed by atoms with van der Waals surface area (Å²) >= 11 is 11.9. The molecule has 0 aliphatic rings. The molecule has 1 amide bonds. The van der Waals surface area contributed by atoms with Gasteiger partial charge in [-0.05, 0) is 54.1 Å². The Morgan fingerprint density at radius 2 is 1.64 bits per heavy atom. The topological polar surface area (TPSA) is 111 Å². The Morgan fingerprint density at radius 3 is 2.30 bits per heavy atom. The molecule has 8 nitrogen and oxygen atoms in total. The first-order chi connectivity index (χ1) is 15.8. The minimum Gasteiger partial charge on any atom is -0.423 e. The maximum atomic E-state index is 12.2. The number of hydrogen-bond donors (Lipinski definition) is 1. The summed E-state index contributed by atoms with van der Waals surface area (Å²) in [5.41, 5.74) is 3.46. The third-order valence-electron chi connectivity index (χ3n) is 4.17. The number of benzene rings is 3. The van der Waals surface area contributed by atoms with E-state index in [0.717, 1.165) is 5.56 Å². The summed E-state index contributed by atoms with van der Waals surface area (Å²) in [5, 5.41) is 15.5. The molecule has 0 spiro atoms. The quantitative estimate of drug-likeness (QED) is 0.122. The number of non-ortho nitro benzene ring substituents is 1. The Morgan fingerprint density at radius 1 is 0.970 bits per heavy atom. The minimum absolute atomic E-state index is 0.134. The number of esters is 1. The fraction of sp³-hybridized carbons (Fsp3) is 0. The van der Waals surface area contributed by atoms with Gasteiger partial charge in [-0.1, -0.05) is 35.3 Å². The van der Waals surface area contributed by atoms with Crippen LogP contribution in [0.2, 0.25) is 10.0 Å². The van der Waals surface area contributed by atoms with Gasteiger partial charge in [-0.15, -0.1) is 0 Å². The summed E-state index contributed by atoms with van der Waals surface area (Å²) in [6.07, 6.45) is 4.10. The van der Waals surface area contributed by atoms with Gasteiger partial charge in [0.05, 0.1) is 11.1 Å². The summed E-state index contributed by atoms with van der Waals surface area (Å²) in [6.45, 7) is 0. The van der Waals surface area contributed by atoms with E-state index in [4.69, 9.17) is 27.9 Å². The van der Waals surface area contributed by atoms with Crippen molar-refractivity contribution in [3.8, 4) is 5.75 Å². The number of hydrogen-bond acceptors (Lipinski definition) is 6. The Bertz CT molecular complexity index is 1240. The van der Waals surface area contributed by atoms with Crippen molar-refractivity contribution >= 4 is 53.1 Å². The van der Waals surface area contributed by atoms with Crippen LogP contribution < -0.4 is 10.2 Å². The summed E-state index contributed by atoms with van der Waals surface area (Å²) in [4.78, 5) is 34.5. The molecule has 0 saturated carbocycles. The van der Waals surface area contributed by atoms with E-state index >= 15 is 0 Å². The highest BCUT2D eigenvalue weighted by Gasteiger charge is 2.10. The molecular weight excluding hydrogens is 469 g/mol. The highest BCUT2D eigenvalue weighted by Crippen LogP contribution is 2.22. The lowest BCUT2D eigenvalue weighted by Gasteiger charge is -2.06. The standard InChI is InChI=1S/C23H15Cl2N3O5/c24-18-6-1-15(2-7-18)3-12-22(29)33-21-11-8-19(25)13-17(21)14-26-27-23(30)16-4-9-20(10-5-16)28(31)32/h1-14H,(H,27,30)/b12-3+,26-14+. The third-order valence-corrected chi connectivity index (χ3v) is 4.66. The number of hydrazone groups is 1. The molecule has 1 N–H and O–H groups in total. The fourth-order valence-corrected chi connectivity index (χ4v) is 2.86. The van der Waals surface area contributed by atoms with E-state index in [1.807, 2.05) is 0 Å². The van der Waals surface area contributed by atoms with Gasteiger partial charge in [0.15, 0.2) is 0 Å². The van der Waals surface area contributed by atoms with E-state index in [0.29, 0.717) is 15.6 Å². The number of carbonyl (C=O) groups excluding carboxylic acids is 2. The fourth-order valence-electron chi connectivity index (χ4n) is 2.55. The molecule has 3 aromatic carbocycles. The zero-order chi connectivity index (χ0) is 23.8. The second-order valence-electron chi connectivity index (χ2n) is 6.49. The summed E-state index contributed by atoms with van der Waals surface area (Å²) < 4.78 is 5.35. The van der Waals surface area contributed by atoms with Crippen molar-refractivity contribution in [1.29, 1.82) is 0 Å². The predicted octanol–water partition coefficient (Wildman–Crippen LogP) is 5.28. The highest BCUT2D eigenvalue weighted by atomic mass is 35.5. The minimum atomic E-state index is -0.628. The Labute approximate surface area is 198 Å². The zero-order valence-electron chi connectivity index (χ0n) is 16.8. The van der Waals surface area contributed by atoms with Gasteiger partial charge < -0.3 is 4.74 Å². The van der Waals surface area contributed by atoms with Crippen LogP contribution in [-0.4, -0.2) is 23.0 Å². The molecule has 0 aliphatic carbocycles. The molecule has 0 aromatic heterocycles. The molecule has 0 unspecified atom stereocenters. The van der Waals surface area contributed by atoms with Crippen molar-refractivity contribution in [1.82, 2.24) is 5.43 Å². The lowest BCUT2D eigenvalue weighted by atomic mass is 10.2. The molecule has 0 fully saturated rings. The lowest BCUT2D eigenvalue weighted by molar-refractivity contribution is -0.384. The first-order valence-corrected chi connectivity index (χ1v) is 10.1. The van der Waals surface area contributed by atoms with Crippen LogP contribution in [-0.2, 0) is 4.79 Å². The molecular formula is C23H15Cl2N3O5. The smallest absolute Gasteiger partial charge is 0.336 e. The molecule has 10 heteroatoms. The summed E-state index contributed by atoms with van der Waals surface area (Å²) in [6, 6.07) is 16.5. The first-order valence-electron chi connectivity index (χ1n) is 9.35. The van der Waals surface area contributed by atoms with Gasteiger partial charge in [-0.3, -0.25) is 14.9 Å². The second-order valence-corrected chi connectivity index (χ2v) is 7.36. The van der Waals surface area contributed by atoms with E-state index in [-0.39, 0.29) is 17.0 Å². The van der Waals surface area contributed by atoms with Gasteiger partial charge in [0, 0.05) is 39.4 Å². The monoisotopic (exact) mass is 483 g/mol. The summed E-state index contributed by atoms with van der Waals surface area (Å²) in [7, 11) is 0. The molecule has 3 rings (SSSR count). The van der Waals surface area contributed by atoms with Crippen molar-refractivity contribution < 1.29 is 19.2 Å². The molecule has 166 valence electrons. The molecule has 3 aromatic rings. The number of ether oxygens (including phenoxy) is 1. The van der Waals surface area contributed by atoms with E-state index < -0.39 is 16.8 Å². The Kier molecular flexibility index (Phi) is 7.91. The van der Waals surface area contributed by atoms with Crippen molar-refractivity contribution in [3.05, 3.63) is 110 Å². The number of halogens is 2. The van der Waals surface area contributed by atoms with Crippen LogP contribution in [0.15, 0.2) is 77.9 Å². The average molecular weight is 484 g/mol. The van der Waals surface area contributed by atoms with Crippen LogP contribution >= 0.6 is 23.2 Å². The van der Waals surface area contributed by atoms with Gasteiger partial charge >= 0.3 is 5.97 Å². The number of nitro groups is 1. The number of amides is 1. The largest absolute Gasteiger partial charge is 0.423 e. The molecule has 0 atom stereocenters. The molecule has 0 heterocycles. The SMILES string of the molecule is O=C(/C=C/c1ccc(Cl)cc1)Oc1ccc(Cl)cc1/C=N/NC(=O)c1ccc([N+](=O)[O-])cc1. The van der Waals surface area contributed by atoms with Crippen molar-refractivity contribution in [2.24, 2.45) is 5.10 Å². The van der Waals surface area contributed by atoms with E-state index in [1.165, 1.54) is 48.7 Å². The highest BCUT2D eigenvalue weighted by molar-refractivity contribution is 6.31. The number of nitrogens with one attached hydrogen (secondary N) is 1. The molecule has 0 radical (unpaired) electrons. The molecule has 0 aliphatic heterocycles. The van der Waals surface area contributed by atoms with E-state index in [9.17, 15) is 19.7 Å². The lowest BCUT2D eigenvalue weighted by Crippen LogP contribution is -2.17. The van der Waals surface area contributed by atoms with Gasteiger partial charge in [-0.25, -0.2) is 10.2 Å². The maximum absolute atomic E-state index is 12.2.